The van der Waals surface area contributed by atoms with Crippen molar-refractivity contribution in [2.45, 2.75) is 33.6 Å². The van der Waals surface area contributed by atoms with Gasteiger partial charge in [0.05, 0.1) is 17.4 Å². The molecule has 2 aliphatic rings. The molecule has 1 saturated carbocycles. The highest BCUT2D eigenvalue weighted by molar-refractivity contribution is 8.03. The average molecular weight is 404 g/mol. The van der Waals surface area contributed by atoms with E-state index in [1.54, 1.807) is 0 Å². The third kappa shape index (κ3) is 4.69. The largest absolute Gasteiger partial charge is 0.443 e. The van der Waals surface area contributed by atoms with Crippen LogP contribution >= 0.6 is 11.8 Å². The number of nitriles is 1. The number of imide groups is 1. The van der Waals surface area contributed by atoms with E-state index in [4.69, 9.17) is 11.2 Å². The first-order valence-corrected chi connectivity index (χ1v) is 10.2. The molecule has 1 aliphatic carbocycles. The van der Waals surface area contributed by atoms with E-state index >= 15 is 0 Å². The molecule has 0 aromatic heterocycles. The average Bonchev–Trinajstić information content (AvgIpc) is 3.08. The number of hydrogen-bond donors (Lipinski definition) is 0. The van der Waals surface area contributed by atoms with E-state index in [-0.39, 0.29) is 24.4 Å². The summed E-state index contributed by atoms with van der Waals surface area (Å²) in [7, 11) is 0. The molecule has 0 spiro atoms. The Bertz CT molecular complexity index is 762. The zero-order valence-corrected chi connectivity index (χ0v) is 17.3. The number of urea groups is 1. The van der Waals surface area contributed by atoms with Crippen molar-refractivity contribution in [3.63, 3.8) is 0 Å². The lowest BCUT2D eigenvalue weighted by Gasteiger charge is -2.15. The van der Waals surface area contributed by atoms with E-state index in [0.717, 1.165) is 23.5 Å². The van der Waals surface area contributed by atoms with Crippen LogP contribution in [-0.4, -0.2) is 53.3 Å². The monoisotopic (exact) mass is 403 g/mol. The maximum absolute atomic E-state index is 12.5. The van der Waals surface area contributed by atoms with Crippen LogP contribution in [0.3, 0.4) is 0 Å². The maximum atomic E-state index is 12.5. The molecule has 3 amide bonds. The molecule has 0 N–H and O–H groups in total. The van der Waals surface area contributed by atoms with Gasteiger partial charge in [-0.3, -0.25) is 9.59 Å². The number of rotatable bonds is 9. The number of carbonyl (C=O) groups excluding carboxylic acids is 3. The third-order valence-electron chi connectivity index (χ3n) is 5.11. The fourth-order valence-electron chi connectivity index (χ4n) is 3.22. The lowest BCUT2D eigenvalue weighted by Crippen LogP contribution is -2.36. The van der Waals surface area contributed by atoms with E-state index in [1.807, 2.05) is 19.9 Å². The Morgan fingerprint density at radius 1 is 1.46 bits per heavy atom. The molecule has 28 heavy (non-hydrogen) atoms. The smallest absolute Gasteiger partial charge is 0.330 e. The number of esters is 1. The number of nitrogens with zero attached hydrogens (tertiary/aromatic N) is 3. The van der Waals surface area contributed by atoms with Crippen molar-refractivity contribution in [3.05, 3.63) is 11.0 Å². The Labute approximate surface area is 170 Å². The minimum absolute atomic E-state index is 0.0319. The normalized spacial score (nSPS) is 23.4. The SMILES string of the molecule is C#CCN1CC(=O)N(COC(=O)[C@@H]2[C@@H](/C=C(/C#N)SCCCC)C2(C)C)C1=O. The maximum Gasteiger partial charge on any atom is 0.330 e. The van der Waals surface area contributed by atoms with Crippen LogP contribution in [0, 0.1) is 40.9 Å². The molecule has 150 valence electrons. The van der Waals surface area contributed by atoms with Crippen LogP contribution in [0.1, 0.15) is 33.6 Å². The van der Waals surface area contributed by atoms with Crippen molar-refractivity contribution in [2.75, 3.05) is 25.6 Å². The highest BCUT2D eigenvalue weighted by Crippen LogP contribution is 2.60. The quantitative estimate of drug-likeness (QED) is 0.193. The van der Waals surface area contributed by atoms with Gasteiger partial charge in [0.25, 0.3) is 5.91 Å². The van der Waals surface area contributed by atoms with Gasteiger partial charge in [0.2, 0.25) is 0 Å². The van der Waals surface area contributed by atoms with Gasteiger partial charge in [0.15, 0.2) is 6.73 Å². The minimum atomic E-state index is -0.554. The number of ether oxygens (including phenoxy) is 1. The Balaban J connectivity index is 1.94. The molecule has 2 rings (SSSR count). The number of terminal acetylenes is 1. The van der Waals surface area contributed by atoms with E-state index < -0.39 is 30.6 Å². The molecule has 0 unspecified atom stereocenters. The highest BCUT2D eigenvalue weighted by Gasteiger charge is 2.61. The van der Waals surface area contributed by atoms with Crippen LogP contribution in [-0.2, 0) is 14.3 Å². The zero-order valence-electron chi connectivity index (χ0n) is 16.4. The second-order valence-electron chi connectivity index (χ2n) is 7.43. The van der Waals surface area contributed by atoms with Crippen LogP contribution in [0.5, 0.6) is 0 Å². The van der Waals surface area contributed by atoms with Crippen molar-refractivity contribution in [1.82, 2.24) is 9.80 Å². The molecule has 0 bridgehead atoms. The molecule has 1 heterocycles. The summed E-state index contributed by atoms with van der Waals surface area (Å²) in [6.07, 6.45) is 9.10. The van der Waals surface area contributed by atoms with E-state index in [9.17, 15) is 19.6 Å². The molecule has 1 saturated heterocycles. The van der Waals surface area contributed by atoms with Gasteiger partial charge in [-0.05, 0) is 23.5 Å². The number of allylic oxidation sites excluding steroid dienone is 2. The molecule has 2 fully saturated rings. The topological polar surface area (TPSA) is 90.7 Å². The van der Waals surface area contributed by atoms with Crippen molar-refractivity contribution < 1.29 is 19.1 Å². The Hall–Kier alpha value is -2.45. The van der Waals surface area contributed by atoms with Crippen LogP contribution in [0.2, 0.25) is 0 Å². The van der Waals surface area contributed by atoms with Crippen molar-refractivity contribution in [3.8, 4) is 18.4 Å². The van der Waals surface area contributed by atoms with Gasteiger partial charge < -0.3 is 9.64 Å². The van der Waals surface area contributed by atoms with Gasteiger partial charge in [0.1, 0.15) is 12.6 Å². The van der Waals surface area contributed by atoms with E-state index in [0.29, 0.717) is 4.91 Å². The second kappa shape index (κ2) is 9.16. The summed E-state index contributed by atoms with van der Waals surface area (Å²) in [4.78, 5) is 39.2. The number of carbonyl (C=O) groups is 3. The van der Waals surface area contributed by atoms with Gasteiger partial charge in [-0.2, -0.15) is 5.26 Å². The molecule has 7 nitrogen and oxygen atoms in total. The molecule has 0 aromatic rings. The van der Waals surface area contributed by atoms with Gasteiger partial charge >= 0.3 is 12.0 Å². The van der Waals surface area contributed by atoms with Crippen LogP contribution in [0.15, 0.2) is 11.0 Å². The van der Waals surface area contributed by atoms with Crippen LogP contribution in [0.25, 0.3) is 0 Å². The van der Waals surface area contributed by atoms with E-state index in [2.05, 4.69) is 18.9 Å². The molecule has 0 aromatic carbocycles. The third-order valence-corrected chi connectivity index (χ3v) is 6.14. The van der Waals surface area contributed by atoms with Gasteiger partial charge in [-0.1, -0.05) is 39.2 Å². The molecule has 8 heteroatoms. The predicted molar refractivity (Wildman–Crippen MR) is 105 cm³/mol. The number of unbranched alkanes of at least 4 members (excludes halogenated alkanes) is 1. The second-order valence-corrected chi connectivity index (χ2v) is 8.56. The number of thioether (sulfide) groups is 1. The van der Waals surface area contributed by atoms with Crippen LogP contribution < -0.4 is 0 Å². The Kier molecular flexibility index (Phi) is 7.15. The summed E-state index contributed by atoms with van der Waals surface area (Å²) < 4.78 is 5.24. The van der Waals surface area contributed by atoms with Crippen molar-refractivity contribution in [2.24, 2.45) is 17.3 Å². The minimum Gasteiger partial charge on any atom is -0.443 e. The Morgan fingerprint density at radius 2 is 2.18 bits per heavy atom. The molecular weight excluding hydrogens is 378 g/mol. The zero-order chi connectivity index (χ0) is 20.9. The van der Waals surface area contributed by atoms with Crippen LogP contribution in [0.4, 0.5) is 4.79 Å². The number of hydrogen-bond acceptors (Lipinski definition) is 6. The predicted octanol–water partition coefficient (Wildman–Crippen LogP) is 2.60. The summed E-state index contributed by atoms with van der Waals surface area (Å²) >= 11 is 1.50. The lowest BCUT2D eigenvalue weighted by molar-refractivity contribution is -0.151. The summed E-state index contributed by atoms with van der Waals surface area (Å²) in [5.41, 5.74) is -0.334. The van der Waals surface area contributed by atoms with Gasteiger partial charge in [-0.25, -0.2) is 9.69 Å². The summed E-state index contributed by atoms with van der Waals surface area (Å²) in [6, 6.07) is 1.63. The summed E-state index contributed by atoms with van der Waals surface area (Å²) in [6.45, 7) is 5.47. The highest BCUT2D eigenvalue weighted by atomic mass is 32.2. The molecule has 1 aliphatic heterocycles. The molecule has 2 atom stereocenters. The van der Waals surface area contributed by atoms with Crippen molar-refractivity contribution >= 4 is 29.7 Å². The fraction of sp³-hybridized carbons (Fsp3) is 0.600. The van der Waals surface area contributed by atoms with Gasteiger partial charge in [0, 0.05) is 0 Å². The van der Waals surface area contributed by atoms with Gasteiger partial charge in [-0.15, -0.1) is 18.2 Å². The summed E-state index contributed by atoms with van der Waals surface area (Å²) in [5, 5.41) is 9.32. The first kappa shape index (κ1) is 21.8. The molecule has 0 radical (unpaired) electrons. The van der Waals surface area contributed by atoms with Crippen molar-refractivity contribution in [1.29, 1.82) is 5.26 Å². The first-order valence-electron chi connectivity index (χ1n) is 9.22. The standard InChI is InChI=1S/C20H25N3O4S/c1-5-7-9-28-14(11-21)10-15-17(20(15,3)4)18(25)27-13-23-16(24)12-22(8-6-2)19(23)26/h2,10,15,17H,5,7-9,12-13H2,1,3-4H3/b14-10-/t15-,17+/m1/s1. The fourth-order valence-corrected chi connectivity index (χ4v) is 4.18. The Morgan fingerprint density at radius 3 is 2.79 bits per heavy atom. The first-order chi connectivity index (χ1) is 13.3. The number of amides is 3. The summed E-state index contributed by atoms with van der Waals surface area (Å²) in [5.74, 6) is 1.75. The molecular formula is C20H25N3O4S. The van der Waals surface area contributed by atoms with E-state index in [1.165, 1.54) is 16.7 Å². The lowest BCUT2D eigenvalue weighted by atomic mass is 10.1.